The molecule has 0 spiro atoms. The smallest absolute Gasteiger partial charge is 0.256 e. The Morgan fingerprint density at radius 1 is 1.53 bits per heavy atom. The van der Waals surface area contributed by atoms with Crippen LogP contribution in [0.1, 0.15) is 31.1 Å². The standard InChI is InChI=1S/C11H17N5O/c1-6(2)13-11-14-9(10(17)15-11)8-5-12-16(4)7(8)3/h5-6,9H,1-4H3,(H2,13,14,15,17). The van der Waals surface area contributed by atoms with Gasteiger partial charge in [0.15, 0.2) is 12.0 Å². The molecule has 0 saturated carbocycles. The highest BCUT2D eigenvalue weighted by Crippen LogP contribution is 2.23. The molecule has 0 radical (unpaired) electrons. The molecular weight excluding hydrogens is 218 g/mol. The summed E-state index contributed by atoms with van der Waals surface area (Å²) < 4.78 is 1.74. The monoisotopic (exact) mass is 235 g/mol. The van der Waals surface area contributed by atoms with Crippen LogP contribution < -0.4 is 10.6 Å². The molecule has 1 aromatic rings. The summed E-state index contributed by atoms with van der Waals surface area (Å²) in [7, 11) is 1.85. The molecule has 1 atom stereocenters. The van der Waals surface area contributed by atoms with E-state index in [2.05, 4.69) is 20.7 Å². The molecule has 2 rings (SSSR count). The fraction of sp³-hybridized carbons (Fsp3) is 0.545. The number of nitrogens with one attached hydrogen (secondary N) is 2. The average Bonchev–Trinajstić information content (AvgIpc) is 2.72. The largest absolute Gasteiger partial charge is 0.354 e. The van der Waals surface area contributed by atoms with Gasteiger partial charge in [0.25, 0.3) is 5.91 Å². The van der Waals surface area contributed by atoms with Crippen LogP contribution in [0.25, 0.3) is 0 Å². The lowest BCUT2D eigenvalue weighted by Gasteiger charge is -2.07. The maximum atomic E-state index is 11.8. The summed E-state index contributed by atoms with van der Waals surface area (Å²) >= 11 is 0. The van der Waals surface area contributed by atoms with Crippen LogP contribution in [0, 0.1) is 6.92 Å². The summed E-state index contributed by atoms with van der Waals surface area (Å²) in [6, 6.07) is -0.243. The normalized spacial score (nSPS) is 19.5. The summed E-state index contributed by atoms with van der Waals surface area (Å²) in [5.41, 5.74) is 1.81. The van der Waals surface area contributed by atoms with Gasteiger partial charge in [0.2, 0.25) is 0 Å². The third-order valence-electron chi connectivity index (χ3n) is 2.74. The van der Waals surface area contributed by atoms with Crippen LogP contribution in [0.5, 0.6) is 0 Å². The van der Waals surface area contributed by atoms with Gasteiger partial charge in [-0.05, 0) is 20.8 Å². The first kappa shape index (κ1) is 11.6. The minimum absolute atomic E-state index is 0.107. The predicted molar refractivity (Wildman–Crippen MR) is 64.5 cm³/mol. The number of carbonyl (C=O) groups is 1. The Hall–Kier alpha value is -1.85. The average molecular weight is 235 g/mol. The summed E-state index contributed by atoms with van der Waals surface area (Å²) in [6.45, 7) is 5.92. The van der Waals surface area contributed by atoms with E-state index in [1.165, 1.54) is 0 Å². The van der Waals surface area contributed by atoms with Crippen molar-refractivity contribution in [3.63, 3.8) is 0 Å². The Labute approximate surface area is 100 Å². The van der Waals surface area contributed by atoms with E-state index in [1.807, 2.05) is 27.8 Å². The van der Waals surface area contributed by atoms with Gasteiger partial charge in [-0.25, -0.2) is 4.99 Å². The number of aryl methyl sites for hydroxylation is 1. The van der Waals surface area contributed by atoms with Crippen molar-refractivity contribution in [1.29, 1.82) is 0 Å². The number of amides is 1. The Balaban J connectivity index is 2.25. The van der Waals surface area contributed by atoms with Crippen LogP contribution in [0.2, 0.25) is 0 Å². The van der Waals surface area contributed by atoms with Crippen molar-refractivity contribution in [3.05, 3.63) is 17.5 Å². The van der Waals surface area contributed by atoms with Gasteiger partial charge in [-0.1, -0.05) is 0 Å². The first-order valence-electron chi connectivity index (χ1n) is 5.62. The van der Waals surface area contributed by atoms with Crippen LogP contribution in [0.15, 0.2) is 11.2 Å². The minimum atomic E-state index is -0.482. The van der Waals surface area contributed by atoms with Gasteiger partial charge in [0.05, 0.1) is 6.20 Å². The predicted octanol–water partition coefficient (Wildman–Crippen LogP) is 0.253. The van der Waals surface area contributed by atoms with Crippen LogP contribution in [0.3, 0.4) is 0 Å². The van der Waals surface area contributed by atoms with Gasteiger partial charge < -0.3 is 5.32 Å². The van der Waals surface area contributed by atoms with E-state index in [-0.39, 0.29) is 11.9 Å². The van der Waals surface area contributed by atoms with Gasteiger partial charge in [0, 0.05) is 24.3 Å². The maximum Gasteiger partial charge on any atom is 0.256 e. The molecular formula is C11H17N5O. The molecule has 0 saturated heterocycles. The number of hydrogen-bond acceptors (Lipinski definition) is 4. The molecule has 1 aliphatic rings. The van der Waals surface area contributed by atoms with Crippen molar-refractivity contribution < 1.29 is 4.79 Å². The Kier molecular flexibility index (Phi) is 2.87. The third-order valence-corrected chi connectivity index (χ3v) is 2.74. The fourth-order valence-electron chi connectivity index (χ4n) is 1.75. The van der Waals surface area contributed by atoms with E-state index in [9.17, 15) is 4.79 Å². The number of guanidine groups is 1. The molecule has 1 aliphatic heterocycles. The number of hydrogen-bond donors (Lipinski definition) is 2. The molecule has 1 amide bonds. The summed E-state index contributed by atoms with van der Waals surface area (Å²) in [5, 5.41) is 9.95. The Morgan fingerprint density at radius 3 is 2.76 bits per heavy atom. The fourth-order valence-corrected chi connectivity index (χ4v) is 1.75. The first-order chi connectivity index (χ1) is 7.99. The van der Waals surface area contributed by atoms with E-state index in [0.29, 0.717) is 5.96 Å². The van der Waals surface area contributed by atoms with Crippen molar-refractivity contribution in [3.8, 4) is 0 Å². The maximum absolute atomic E-state index is 11.8. The zero-order valence-electron chi connectivity index (χ0n) is 10.5. The van der Waals surface area contributed by atoms with E-state index in [0.717, 1.165) is 11.3 Å². The molecule has 92 valence electrons. The lowest BCUT2D eigenvalue weighted by atomic mass is 10.1. The van der Waals surface area contributed by atoms with Crippen LogP contribution >= 0.6 is 0 Å². The third kappa shape index (κ3) is 2.15. The van der Waals surface area contributed by atoms with Crippen LogP contribution in [-0.2, 0) is 11.8 Å². The van der Waals surface area contributed by atoms with Gasteiger partial charge in [-0.2, -0.15) is 5.10 Å². The first-order valence-corrected chi connectivity index (χ1v) is 5.62. The molecule has 0 bridgehead atoms. The zero-order chi connectivity index (χ0) is 12.6. The van der Waals surface area contributed by atoms with Crippen LogP contribution in [0.4, 0.5) is 0 Å². The number of nitrogens with zero attached hydrogens (tertiary/aromatic N) is 3. The topological polar surface area (TPSA) is 71.3 Å². The number of carbonyl (C=O) groups excluding carboxylic acids is 1. The van der Waals surface area contributed by atoms with Gasteiger partial charge in [0.1, 0.15) is 0 Å². The number of aromatic nitrogens is 2. The molecule has 2 heterocycles. The molecule has 2 N–H and O–H groups in total. The van der Waals surface area contributed by atoms with E-state index in [1.54, 1.807) is 10.9 Å². The van der Waals surface area contributed by atoms with Gasteiger partial charge >= 0.3 is 0 Å². The molecule has 17 heavy (non-hydrogen) atoms. The highest BCUT2D eigenvalue weighted by Gasteiger charge is 2.30. The minimum Gasteiger partial charge on any atom is -0.354 e. The molecule has 6 nitrogen and oxygen atoms in total. The van der Waals surface area contributed by atoms with Crippen molar-refractivity contribution >= 4 is 11.9 Å². The second-order valence-electron chi connectivity index (χ2n) is 4.48. The number of aliphatic imine (C=N–C) groups is 1. The van der Waals surface area contributed by atoms with Crippen LogP contribution in [-0.4, -0.2) is 27.7 Å². The van der Waals surface area contributed by atoms with Crippen molar-refractivity contribution in [1.82, 2.24) is 20.4 Å². The highest BCUT2D eigenvalue weighted by molar-refractivity contribution is 6.05. The Morgan fingerprint density at radius 2 is 2.24 bits per heavy atom. The molecule has 0 aromatic carbocycles. The van der Waals surface area contributed by atoms with E-state index in [4.69, 9.17) is 0 Å². The second kappa shape index (κ2) is 4.20. The van der Waals surface area contributed by atoms with E-state index < -0.39 is 6.04 Å². The van der Waals surface area contributed by atoms with Crippen molar-refractivity contribution in [2.24, 2.45) is 12.0 Å². The lowest BCUT2D eigenvalue weighted by Crippen LogP contribution is -2.40. The molecule has 0 fully saturated rings. The summed E-state index contributed by atoms with van der Waals surface area (Å²) in [4.78, 5) is 16.2. The van der Waals surface area contributed by atoms with Gasteiger partial charge in [-0.15, -0.1) is 0 Å². The van der Waals surface area contributed by atoms with Crippen molar-refractivity contribution in [2.75, 3.05) is 0 Å². The van der Waals surface area contributed by atoms with E-state index >= 15 is 0 Å². The lowest BCUT2D eigenvalue weighted by molar-refractivity contribution is -0.120. The Bertz CT molecular complexity index is 474. The quantitative estimate of drug-likeness (QED) is 0.772. The van der Waals surface area contributed by atoms with Crippen molar-refractivity contribution in [2.45, 2.75) is 32.9 Å². The number of rotatable bonds is 2. The molecule has 0 aliphatic carbocycles. The zero-order valence-corrected chi connectivity index (χ0v) is 10.5. The second-order valence-corrected chi connectivity index (χ2v) is 4.48. The SMILES string of the molecule is Cc1c(C2N=C(NC(C)C)NC2=O)cnn1C. The summed E-state index contributed by atoms with van der Waals surface area (Å²) in [6.07, 6.45) is 1.70. The highest BCUT2D eigenvalue weighted by atomic mass is 16.2. The molecule has 1 aromatic heterocycles. The summed E-state index contributed by atoms with van der Waals surface area (Å²) in [5.74, 6) is 0.433. The molecule has 6 heteroatoms. The van der Waals surface area contributed by atoms with Gasteiger partial charge in [-0.3, -0.25) is 14.8 Å². The molecule has 1 unspecified atom stereocenters.